The zero-order valence-electron chi connectivity index (χ0n) is 10.2. The summed E-state index contributed by atoms with van der Waals surface area (Å²) in [5.74, 6) is -1.13. The van der Waals surface area contributed by atoms with Crippen LogP contribution in [0.2, 0.25) is 0 Å². The fourth-order valence-electron chi connectivity index (χ4n) is 2.46. The first-order valence-corrected chi connectivity index (χ1v) is 6.85. The van der Waals surface area contributed by atoms with E-state index in [0.717, 1.165) is 30.7 Å². The summed E-state index contributed by atoms with van der Waals surface area (Å²) in [6.07, 6.45) is 3.37. The van der Waals surface area contributed by atoms with Crippen molar-refractivity contribution in [2.24, 2.45) is 0 Å². The first-order chi connectivity index (χ1) is 8.51. The molecule has 0 unspecified atom stereocenters. The van der Waals surface area contributed by atoms with Crippen LogP contribution in [0.4, 0.5) is 0 Å². The van der Waals surface area contributed by atoms with E-state index in [0.29, 0.717) is 5.69 Å². The number of carbonyl (C=O) groups is 2. The number of nitrogens with one attached hydrogen (secondary N) is 1. The first kappa shape index (κ1) is 13.0. The van der Waals surface area contributed by atoms with E-state index in [-0.39, 0.29) is 12.3 Å². The van der Waals surface area contributed by atoms with Gasteiger partial charge in [-0.1, -0.05) is 12.8 Å². The molecule has 1 aromatic heterocycles. The van der Waals surface area contributed by atoms with E-state index in [2.05, 4.69) is 10.3 Å². The molecule has 1 fully saturated rings. The molecular formula is C12H16N2O3S. The van der Waals surface area contributed by atoms with Gasteiger partial charge in [-0.2, -0.15) is 0 Å². The SMILES string of the molecule is Cc1nc(C(=O)NC2(CC(=O)O)CCCC2)cs1. The standard InChI is InChI=1S/C12H16N2O3S/c1-8-13-9(7-18-8)11(17)14-12(6-10(15)16)4-2-3-5-12/h7H,2-6H2,1H3,(H,14,17)(H,15,16). The summed E-state index contributed by atoms with van der Waals surface area (Å²) in [4.78, 5) is 27.1. The van der Waals surface area contributed by atoms with Gasteiger partial charge in [0.05, 0.1) is 17.0 Å². The zero-order chi connectivity index (χ0) is 13.2. The van der Waals surface area contributed by atoms with Gasteiger partial charge in [-0.3, -0.25) is 9.59 Å². The number of carbonyl (C=O) groups excluding carboxylic acids is 1. The van der Waals surface area contributed by atoms with E-state index >= 15 is 0 Å². The van der Waals surface area contributed by atoms with E-state index < -0.39 is 11.5 Å². The number of hydrogen-bond donors (Lipinski definition) is 2. The van der Waals surface area contributed by atoms with E-state index in [4.69, 9.17) is 5.11 Å². The molecule has 5 nitrogen and oxygen atoms in total. The van der Waals surface area contributed by atoms with Crippen molar-refractivity contribution >= 4 is 23.2 Å². The average Bonchev–Trinajstić information content (AvgIpc) is 2.87. The Morgan fingerprint density at radius 3 is 2.67 bits per heavy atom. The number of hydrogen-bond acceptors (Lipinski definition) is 4. The van der Waals surface area contributed by atoms with Crippen LogP contribution >= 0.6 is 11.3 Å². The van der Waals surface area contributed by atoms with Gasteiger partial charge in [0.25, 0.3) is 5.91 Å². The fourth-order valence-corrected chi connectivity index (χ4v) is 3.05. The Balaban J connectivity index is 2.09. The molecule has 0 aliphatic heterocycles. The van der Waals surface area contributed by atoms with Crippen molar-refractivity contribution < 1.29 is 14.7 Å². The van der Waals surface area contributed by atoms with Crippen molar-refractivity contribution in [3.63, 3.8) is 0 Å². The Morgan fingerprint density at radius 1 is 1.50 bits per heavy atom. The second-order valence-electron chi connectivity index (χ2n) is 4.76. The maximum absolute atomic E-state index is 12.0. The quantitative estimate of drug-likeness (QED) is 0.875. The summed E-state index contributed by atoms with van der Waals surface area (Å²) in [5, 5.41) is 14.4. The summed E-state index contributed by atoms with van der Waals surface area (Å²) >= 11 is 1.42. The summed E-state index contributed by atoms with van der Waals surface area (Å²) < 4.78 is 0. The van der Waals surface area contributed by atoms with Gasteiger partial charge in [-0.15, -0.1) is 11.3 Å². The number of nitrogens with zero attached hydrogens (tertiary/aromatic N) is 1. The number of aliphatic carboxylic acids is 1. The van der Waals surface area contributed by atoms with Crippen LogP contribution in [0.15, 0.2) is 5.38 Å². The number of carboxylic acid groups (broad SMARTS) is 1. The maximum atomic E-state index is 12.0. The van der Waals surface area contributed by atoms with Crippen molar-refractivity contribution in [1.29, 1.82) is 0 Å². The van der Waals surface area contributed by atoms with E-state index in [9.17, 15) is 9.59 Å². The van der Waals surface area contributed by atoms with Crippen LogP contribution in [-0.2, 0) is 4.79 Å². The Labute approximate surface area is 109 Å². The molecule has 0 bridgehead atoms. The monoisotopic (exact) mass is 268 g/mol. The Morgan fingerprint density at radius 2 is 2.17 bits per heavy atom. The molecule has 2 rings (SSSR count). The minimum absolute atomic E-state index is 0.0120. The van der Waals surface area contributed by atoms with Gasteiger partial charge in [0, 0.05) is 5.38 Å². The van der Waals surface area contributed by atoms with Crippen molar-refractivity contribution in [1.82, 2.24) is 10.3 Å². The van der Waals surface area contributed by atoms with Crippen LogP contribution < -0.4 is 5.32 Å². The van der Waals surface area contributed by atoms with Crippen LogP contribution in [0.5, 0.6) is 0 Å². The van der Waals surface area contributed by atoms with Gasteiger partial charge in [0.1, 0.15) is 5.69 Å². The minimum atomic E-state index is -0.869. The van der Waals surface area contributed by atoms with Crippen LogP contribution in [-0.4, -0.2) is 27.5 Å². The molecule has 1 saturated carbocycles. The van der Waals surface area contributed by atoms with Crippen molar-refractivity contribution in [3.8, 4) is 0 Å². The molecule has 1 heterocycles. The number of carboxylic acids is 1. The van der Waals surface area contributed by atoms with Crippen molar-refractivity contribution in [3.05, 3.63) is 16.1 Å². The molecule has 1 aliphatic carbocycles. The molecule has 1 aliphatic rings. The molecular weight excluding hydrogens is 252 g/mol. The predicted molar refractivity (Wildman–Crippen MR) is 67.8 cm³/mol. The fraction of sp³-hybridized carbons (Fsp3) is 0.583. The Bertz CT molecular complexity index is 464. The lowest BCUT2D eigenvalue weighted by Crippen LogP contribution is -2.47. The molecule has 0 atom stereocenters. The lowest BCUT2D eigenvalue weighted by atomic mass is 9.93. The van der Waals surface area contributed by atoms with E-state index in [1.807, 2.05) is 6.92 Å². The van der Waals surface area contributed by atoms with Gasteiger partial charge in [0.2, 0.25) is 0 Å². The third-order valence-corrected chi connectivity index (χ3v) is 4.05. The van der Waals surface area contributed by atoms with Crippen molar-refractivity contribution in [2.45, 2.75) is 44.6 Å². The lowest BCUT2D eigenvalue weighted by Gasteiger charge is -2.28. The van der Waals surface area contributed by atoms with Gasteiger partial charge in [-0.25, -0.2) is 4.98 Å². The highest BCUT2D eigenvalue weighted by Crippen LogP contribution is 2.33. The molecule has 18 heavy (non-hydrogen) atoms. The predicted octanol–water partition coefficient (Wildman–Crippen LogP) is 1.97. The molecule has 0 spiro atoms. The van der Waals surface area contributed by atoms with Crippen LogP contribution in [0.3, 0.4) is 0 Å². The van der Waals surface area contributed by atoms with E-state index in [1.165, 1.54) is 11.3 Å². The van der Waals surface area contributed by atoms with E-state index in [1.54, 1.807) is 5.38 Å². The molecule has 0 radical (unpaired) electrons. The maximum Gasteiger partial charge on any atom is 0.305 e. The normalized spacial score (nSPS) is 17.6. The van der Waals surface area contributed by atoms with Crippen molar-refractivity contribution in [2.75, 3.05) is 0 Å². The number of rotatable bonds is 4. The van der Waals surface area contributed by atoms with Gasteiger partial charge < -0.3 is 10.4 Å². The summed E-state index contributed by atoms with van der Waals surface area (Å²) in [6.45, 7) is 1.84. The van der Waals surface area contributed by atoms with Gasteiger partial charge in [0.15, 0.2) is 0 Å². The topological polar surface area (TPSA) is 79.3 Å². The lowest BCUT2D eigenvalue weighted by molar-refractivity contribution is -0.138. The molecule has 1 amide bonds. The molecule has 2 N–H and O–H groups in total. The zero-order valence-corrected chi connectivity index (χ0v) is 11.0. The third kappa shape index (κ3) is 2.87. The largest absolute Gasteiger partial charge is 0.481 e. The van der Waals surface area contributed by atoms with Gasteiger partial charge >= 0.3 is 5.97 Å². The summed E-state index contributed by atoms with van der Waals surface area (Å²) in [5.41, 5.74) is -0.199. The number of amides is 1. The van der Waals surface area contributed by atoms with Gasteiger partial charge in [-0.05, 0) is 19.8 Å². The summed E-state index contributed by atoms with van der Waals surface area (Å²) in [7, 11) is 0. The smallest absolute Gasteiger partial charge is 0.305 e. The second-order valence-corrected chi connectivity index (χ2v) is 5.83. The van der Waals surface area contributed by atoms with Crippen LogP contribution in [0.1, 0.15) is 47.6 Å². The van der Waals surface area contributed by atoms with Crippen LogP contribution in [0, 0.1) is 6.92 Å². The Hall–Kier alpha value is -1.43. The molecule has 1 aromatic rings. The molecule has 6 heteroatoms. The number of aryl methyl sites for hydroxylation is 1. The highest BCUT2D eigenvalue weighted by atomic mass is 32.1. The highest BCUT2D eigenvalue weighted by Gasteiger charge is 2.37. The molecule has 98 valence electrons. The second kappa shape index (κ2) is 5.06. The first-order valence-electron chi connectivity index (χ1n) is 5.97. The average molecular weight is 268 g/mol. The third-order valence-electron chi connectivity index (χ3n) is 3.28. The highest BCUT2D eigenvalue weighted by molar-refractivity contribution is 7.09. The number of thiazole rings is 1. The molecule has 0 aromatic carbocycles. The summed E-state index contributed by atoms with van der Waals surface area (Å²) in [6, 6.07) is 0. The van der Waals surface area contributed by atoms with Crippen LogP contribution in [0.25, 0.3) is 0 Å². The minimum Gasteiger partial charge on any atom is -0.481 e. The molecule has 0 saturated heterocycles. The number of aromatic nitrogens is 1. The Kier molecular flexibility index (Phi) is 3.65.